The molecule has 0 N–H and O–H groups in total. The summed E-state index contributed by atoms with van der Waals surface area (Å²) >= 11 is 0. The van der Waals surface area contributed by atoms with Crippen LogP contribution in [0.5, 0.6) is 0 Å². The van der Waals surface area contributed by atoms with Gasteiger partial charge >= 0.3 is 0 Å². The largest absolute Gasteiger partial charge is 0.368 e. The van der Waals surface area contributed by atoms with E-state index >= 15 is 0 Å². The van der Waals surface area contributed by atoms with Crippen molar-refractivity contribution >= 4 is 0 Å². The number of rotatable bonds is 3. The van der Waals surface area contributed by atoms with Crippen LogP contribution in [0.2, 0.25) is 0 Å². The Hall–Kier alpha value is -0.830. The maximum Gasteiger partial charge on any atom is 0.109 e. The van der Waals surface area contributed by atoms with Crippen LogP contribution in [-0.2, 0) is 11.3 Å². The van der Waals surface area contributed by atoms with E-state index in [1.54, 1.807) is 0 Å². The highest BCUT2D eigenvalue weighted by Gasteiger charge is 2.28. The molecule has 3 heteroatoms. The topological polar surface area (TPSA) is 30.4 Å². The van der Waals surface area contributed by atoms with Crippen molar-refractivity contribution in [3.05, 3.63) is 17.5 Å². The number of hydrogen-bond donors (Lipinski definition) is 0. The van der Waals surface area contributed by atoms with Crippen molar-refractivity contribution in [3.63, 3.8) is 0 Å². The summed E-state index contributed by atoms with van der Waals surface area (Å²) < 4.78 is 7.22. The maximum atomic E-state index is 5.21. The van der Waals surface area contributed by atoms with Gasteiger partial charge in [0.1, 0.15) is 6.10 Å². The molecule has 0 bridgehead atoms. The average molecular weight is 166 g/mol. The Morgan fingerprint density at radius 1 is 1.75 bits per heavy atom. The smallest absolute Gasteiger partial charge is 0.109 e. The molecule has 0 spiro atoms. The van der Waals surface area contributed by atoms with Crippen LogP contribution in [0.1, 0.15) is 30.7 Å². The average Bonchev–Trinajstić information content (AvgIpc) is 2.79. The molecule has 1 aliphatic rings. The Labute approximate surface area is 72.3 Å². The quantitative estimate of drug-likeness (QED) is 0.639. The summed E-state index contributed by atoms with van der Waals surface area (Å²) in [5.41, 5.74) is 2.38. The lowest BCUT2D eigenvalue weighted by Crippen LogP contribution is -1.96. The fraction of sp³-hybridized carbons (Fsp3) is 0.667. The molecule has 0 aromatic carbocycles. The minimum Gasteiger partial charge on any atom is -0.368 e. The van der Waals surface area contributed by atoms with Crippen molar-refractivity contribution in [2.45, 2.75) is 32.9 Å². The monoisotopic (exact) mass is 166 g/mol. The summed E-state index contributed by atoms with van der Waals surface area (Å²) in [5.74, 6) is 0. The molecule has 1 saturated heterocycles. The lowest BCUT2D eigenvalue weighted by molar-refractivity contribution is 0.415. The molecule has 3 nitrogen and oxygen atoms in total. The lowest BCUT2D eigenvalue weighted by atomic mass is 10.2. The Morgan fingerprint density at radius 2 is 2.50 bits per heavy atom. The minimum atomic E-state index is 0.343. The van der Waals surface area contributed by atoms with Crippen molar-refractivity contribution < 1.29 is 4.74 Å². The van der Waals surface area contributed by atoms with Crippen LogP contribution < -0.4 is 0 Å². The third-order valence-corrected chi connectivity index (χ3v) is 2.12. The first-order chi connectivity index (χ1) is 5.81. The van der Waals surface area contributed by atoms with E-state index in [0.717, 1.165) is 25.3 Å². The number of aromatic nitrogens is 2. The molecule has 0 radical (unpaired) electrons. The normalized spacial score (nSPS) is 21.3. The molecule has 0 saturated carbocycles. The molecule has 12 heavy (non-hydrogen) atoms. The van der Waals surface area contributed by atoms with E-state index in [9.17, 15) is 0 Å². The van der Waals surface area contributed by atoms with E-state index < -0.39 is 0 Å². The van der Waals surface area contributed by atoms with Gasteiger partial charge < -0.3 is 4.74 Å². The second-order valence-corrected chi connectivity index (χ2v) is 3.25. The second kappa shape index (κ2) is 2.90. The van der Waals surface area contributed by atoms with Gasteiger partial charge in [0.05, 0.1) is 12.3 Å². The molecule has 1 aromatic heterocycles. The molecule has 1 aliphatic heterocycles. The zero-order chi connectivity index (χ0) is 8.55. The number of hydrogen-bond acceptors (Lipinski definition) is 2. The highest BCUT2D eigenvalue weighted by atomic mass is 16.6. The highest BCUT2D eigenvalue weighted by Crippen LogP contribution is 2.31. The summed E-state index contributed by atoms with van der Waals surface area (Å²) in [4.78, 5) is 0. The van der Waals surface area contributed by atoms with Crippen molar-refractivity contribution in [2.24, 2.45) is 0 Å². The van der Waals surface area contributed by atoms with Crippen LogP contribution >= 0.6 is 0 Å². The van der Waals surface area contributed by atoms with E-state index in [-0.39, 0.29) is 0 Å². The van der Waals surface area contributed by atoms with Gasteiger partial charge in [0.2, 0.25) is 0 Å². The van der Waals surface area contributed by atoms with Crippen LogP contribution in [0.25, 0.3) is 0 Å². The Morgan fingerprint density at radius 3 is 3.08 bits per heavy atom. The standard InChI is InChI=1S/C9H14N2O/c1-3-4-11-5-8(7(2)10-11)9-6-12-9/h5,9H,3-4,6H2,1-2H3. The molecule has 1 atom stereocenters. The van der Waals surface area contributed by atoms with E-state index in [1.807, 2.05) is 11.6 Å². The van der Waals surface area contributed by atoms with Crippen LogP contribution in [0.15, 0.2) is 6.20 Å². The third-order valence-electron chi connectivity index (χ3n) is 2.12. The number of aryl methyl sites for hydroxylation is 2. The van der Waals surface area contributed by atoms with Gasteiger partial charge in [-0.2, -0.15) is 5.10 Å². The highest BCUT2D eigenvalue weighted by molar-refractivity contribution is 5.21. The minimum absolute atomic E-state index is 0.343. The van der Waals surface area contributed by atoms with Crippen molar-refractivity contribution in [2.75, 3.05) is 6.61 Å². The van der Waals surface area contributed by atoms with Gasteiger partial charge in [-0.15, -0.1) is 0 Å². The van der Waals surface area contributed by atoms with Gasteiger partial charge in [0.15, 0.2) is 0 Å². The number of ether oxygens (including phenoxy) is 1. The molecule has 1 fully saturated rings. The predicted molar refractivity (Wildman–Crippen MR) is 45.9 cm³/mol. The molecule has 0 aliphatic carbocycles. The molecule has 66 valence electrons. The lowest BCUT2D eigenvalue weighted by Gasteiger charge is -1.94. The summed E-state index contributed by atoms with van der Waals surface area (Å²) in [5, 5.41) is 4.40. The van der Waals surface area contributed by atoms with Gasteiger partial charge in [0, 0.05) is 18.3 Å². The van der Waals surface area contributed by atoms with E-state index in [0.29, 0.717) is 6.10 Å². The molecular formula is C9H14N2O. The molecule has 2 heterocycles. The molecule has 0 amide bonds. The SMILES string of the molecule is CCCn1cc(C2CO2)c(C)n1. The fourth-order valence-electron chi connectivity index (χ4n) is 1.42. The van der Waals surface area contributed by atoms with Crippen LogP contribution in [0.4, 0.5) is 0 Å². The Balaban J connectivity index is 2.18. The summed E-state index contributed by atoms with van der Waals surface area (Å²) in [7, 11) is 0. The van der Waals surface area contributed by atoms with E-state index in [4.69, 9.17) is 4.74 Å². The summed E-state index contributed by atoms with van der Waals surface area (Å²) in [6.07, 6.45) is 3.58. The van der Waals surface area contributed by atoms with Gasteiger partial charge in [-0.1, -0.05) is 6.92 Å². The zero-order valence-corrected chi connectivity index (χ0v) is 7.58. The number of epoxide rings is 1. The first kappa shape index (κ1) is 7.80. The first-order valence-electron chi connectivity index (χ1n) is 4.47. The zero-order valence-electron chi connectivity index (χ0n) is 7.58. The molecule has 1 aromatic rings. The van der Waals surface area contributed by atoms with Gasteiger partial charge in [-0.05, 0) is 13.3 Å². The number of nitrogens with zero attached hydrogens (tertiary/aromatic N) is 2. The van der Waals surface area contributed by atoms with E-state index in [2.05, 4.69) is 18.2 Å². The maximum absolute atomic E-state index is 5.21. The fourth-order valence-corrected chi connectivity index (χ4v) is 1.42. The molecule has 2 rings (SSSR count). The Kier molecular flexibility index (Phi) is 1.89. The van der Waals surface area contributed by atoms with Crippen molar-refractivity contribution in [3.8, 4) is 0 Å². The van der Waals surface area contributed by atoms with Crippen LogP contribution in [-0.4, -0.2) is 16.4 Å². The van der Waals surface area contributed by atoms with Gasteiger partial charge in [0.25, 0.3) is 0 Å². The predicted octanol–water partition coefficient (Wildman–Crippen LogP) is 1.67. The van der Waals surface area contributed by atoms with Crippen LogP contribution in [0.3, 0.4) is 0 Å². The van der Waals surface area contributed by atoms with E-state index in [1.165, 1.54) is 5.56 Å². The van der Waals surface area contributed by atoms with Crippen molar-refractivity contribution in [1.29, 1.82) is 0 Å². The van der Waals surface area contributed by atoms with Gasteiger partial charge in [-0.25, -0.2) is 0 Å². The molecule has 1 unspecified atom stereocenters. The van der Waals surface area contributed by atoms with Gasteiger partial charge in [-0.3, -0.25) is 4.68 Å². The van der Waals surface area contributed by atoms with Crippen molar-refractivity contribution in [1.82, 2.24) is 9.78 Å². The summed E-state index contributed by atoms with van der Waals surface area (Å²) in [6, 6.07) is 0. The Bertz CT molecular complexity index is 276. The van der Waals surface area contributed by atoms with Crippen LogP contribution in [0, 0.1) is 6.92 Å². The molecular weight excluding hydrogens is 152 g/mol. The third kappa shape index (κ3) is 1.37. The summed E-state index contributed by atoms with van der Waals surface area (Å²) in [6.45, 7) is 6.08. The first-order valence-corrected chi connectivity index (χ1v) is 4.47. The second-order valence-electron chi connectivity index (χ2n) is 3.25.